The van der Waals surface area contributed by atoms with Crippen molar-refractivity contribution in [1.82, 2.24) is 20.4 Å². The molecular formula is C27H22F2N4O2. The number of urea groups is 1. The van der Waals surface area contributed by atoms with Crippen molar-refractivity contribution in [1.29, 1.82) is 0 Å². The number of carbonyl (C=O) groups is 1. The van der Waals surface area contributed by atoms with E-state index in [2.05, 4.69) is 15.5 Å². The monoisotopic (exact) mass is 472 g/mol. The van der Waals surface area contributed by atoms with Crippen LogP contribution < -0.4 is 5.32 Å². The van der Waals surface area contributed by atoms with Gasteiger partial charge in [-0.15, -0.1) is 0 Å². The van der Waals surface area contributed by atoms with Gasteiger partial charge in [0.05, 0.1) is 18.2 Å². The molecule has 2 heterocycles. The summed E-state index contributed by atoms with van der Waals surface area (Å²) in [5.41, 5.74) is 4.32. The van der Waals surface area contributed by atoms with Gasteiger partial charge in [-0.3, -0.25) is 4.90 Å². The molecule has 8 heteroatoms. The van der Waals surface area contributed by atoms with Crippen LogP contribution >= 0.6 is 0 Å². The third kappa shape index (κ3) is 4.55. The molecule has 0 saturated carbocycles. The third-order valence-corrected chi connectivity index (χ3v) is 6.00. The van der Waals surface area contributed by atoms with Crippen LogP contribution in [-0.4, -0.2) is 21.1 Å². The summed E-state index contributed by atoms with van der Waals surface area (Å²) in [4.78, 5) is 19.3. The summed E-state index contributed by atoms with van der Waals surface area (Å²) in [7, 11) is 0. The number of nitrogens with one attached hydrogen (secondary N) is 1. The summed E-state index contributed by atoms with van der Waals surface area (Å²) < 4.78 is 33.1. The first-order valence-corrected chi connectivity index (χ1v) is 11.1. The normalized spacial score (nSPS) is 15.9. The fraction of sp³-hybridized carbons (Fsp3) is 0.148. The van der Waals surface area contributed by atoms with E-state index < -0.39 is 11.9 Å². The van der Waals surface area contributed by atoms with Crippen molar-refractivity contribution >= 4 is 11.6 Å². The van der Waals surface area contributed by atoms with E-state index in [0.717, 1.165) is 16.7 Å². The maximum absolute atomic E-state index is 14.1. The summed E-state index contributed by atoms with van der Waals surface area (Å²) in [6.45, 7) is 3.97. The van der Waals surface area contributed by atoms with Gasteiger partial charge in [-0.05, 0) is 49.2 Å². The molecule has 0 spiro atoms. The van der Waals surface area contributed by atoms with Crippen LogP contribution in [-0.2, 0) is 6.54 Å². The molecule has 1 aliphatic rings. The van der Waals surface area contributed by atoms with Gasteiger partial charge in [0.25, 0.3) is 5.89 Å². The van der Waals surface area contributed by atoms with Crippen molar-refractivity contribution in [2.75, 3.05) is 0 Å². The standard InChI is InChI=1S/C27H22F2N4O2/c1-16-6-10-19(11-7-16)25-31-26(35-32-25)23-17(2)33(15-18-8-12-21(28)13-9-18)27(34)30-24(23)20-4-3-5-22(29)14-20/h3-14,24H,15H2,1-2H3,(H,30,34). The lowest BCUT2D eigenvalue weighted by Gasteiger charge is -2.35. The van der Waals surface area contributed by atoms with Gasteiger partial charge in [-0.1, -0.05) is 59.3 Å². The van der Waals surface area contributed by atoms with Gasteiger partial charge >= 0.3 is 6.03 Å². The highest BCUT2D eigenvalue weighted by Gasteiger charge is 2.36. The second-order valence-corrected chi connectivity index (χ2v) is 8.44. The first kappa shape index (κ1) is 22.5. The molecule has 0 bridgehead atoms. The number of benzene rings is 3. The van der Waals surface area contributed by atoms with Gasteiger partial charge in [0.1, 0.15) is 11.6 Å². The number of nitrogens with zero attached hydrogens (tertiary/aromatic N) is 3. The Balaban J connectivity index is 1.59. The number of aryl methyl sites for hydroxylation is 1. The first-order valence-electron chi connectivity index (χ1n) is 11.1. The predicted octanol–water partition coefficient (Wildman–Crippen LogP) is 6.02. The third-order valence-electron chi connectivity index (χ3n) is 6.00. The van der Waals surface area contributed by atoms with E-state index in [1.54, 1.807) is 31.2 Å². The Bertz CT molecular complexity index is 1410. The maximum atomic E-state index is 14.1. The van der Waals surface area contributed by atoms with E-state index in [1.807, 2.05) is 31.2 Å². The molecule has 5 rings (SSSR count). The van der Waals surface area contributed by atoms with E-state index in [9.17, 15) is 13.6 Å². The molecule has 1 aliphatic heterocycles. The van der Waals surface area contributed by atoms with Crippen molar-refractivity contribution in [2.45, 2.75) is 26.4 Å². The van der Waals surface area contributed by atoms with Gasteiger partial charge in [0.15, 0.2) is 0 Å². The smallest absolute Gasteiger partial charge is 0.322 e. The minimum Gasteiger partial charge on any atom is -0.334 e. The average molecular weight is 472 g/mol. The molecular weight excluding hydrogens is 450 g/mol. The summed E-state index contributed by atoms with van der Waals surface area (Å²) in [6, 6.07) is 18.6. The van der Waals surface area contributed by atoms with Crippen LogP contribution in [0.3, 0.4) is 0 Å². The zero-order valence-corrected chi connectivity index (χ0v) is 19.1. The molecule has 176 valence electrons. The lowest BCUT2D eigenvalue weighted by Crippen LogP contribution is -2.45. The number of allylic oxidation sites excluding steroid dienone is 1. The summed E-state index contributed by atoms with van der Waals surface area (Å²) in [5, 5.41) is 7.08. The molecule has 1 unspecified atom stereocenters. The van der Waals surface area contributed by atoms with Gasteiger partial charge in [0.2, 0.25) is 5.82 Å². The number of amides is 2. The van der Waals surface area contributed by atoms with E-state index in [1.165, 1.54) is 29.2 Å². The molecule has 0 fully saturated rings. The van der Waals surface area contributed by atoms with E-state index in [4.69, 9.17) is 4.52 Å². The number of halogens is 2. The number of rotatable bonds is 5. The fourth-order valence-electron chi connectivity index (χ4n) is 4.11. The van der Waals surface area contributed by atoms with Crippen LogP contribution in [0.4, 0.5) is 13.6 Å². The highest BCUT2D eigenvalue weighted by Crippen LogP contribution is 2.38. The number of hydrogen-bond donors (Lipinski definition) is 1. The Labute approximate surface area is 200 Å². The zero-order chi connectivity index (χ0) is 24.5. The summed E-state index contributed by atoms with van der Waals surface area (Å²) in [6.07, 6.45) is 0. The van der Waals surface area contributed by atoms with E-state index in [-0.39, 0.29) is 24.3 Å². The Morgan fingerprint density at radius 1 is 0.971 bits per heavy atom. The number of hydrogen-bond acceptors (Lipinski definition) is 4. The number of aromatic nitrogens is 2. The van der Waals surface area contributed by atoms with Crippen molar-refractivity contribution < 1.29 is 18.1 Å². The highest BCUT2D eigenvalue weighted by atomic mass is 19.1. The molecule has 6 nitrogen and oxygen atoms in total. The molecule has 2 amide bonds. The van der Waals surface area contributed by atoms with Gasteiger partial charge < -0.3 is 9.84 Å². The maximum Gasteiger partial charge on any atom is 0.322 e. The Morgan fingerprint density at radius 3 is 2.43 bits per heavy atom. The van der Waals surface area contributed by atoms with Gasteiger partial charge in [-0.2, -0.15) is 4.98 Å². The van der Waals surface area contributed by atoms with E-state index >= 15 is 0 Å². The van der Waals surface area contributed by atoms with Crippen molar-refractivity contribution in [3.8, 4) is 11.4 Å². The topological polar surface area (TPSA) is 71.3 Å². The summed E-state index contributed by atoms with van der Waals surface area (Å²) in [5.74, 6) is -0.157. The van der Waals surface area contributed by atoms with Crippen molar-refractivity contribution in [3.05, 3.63) is 113 Å². The molecule has 1 N–H and O–H groups in total. The Morgan fingerprint density at radius 2 is 1.71 bits per heavy atom. The molecule has 1 aromatic heterocycles. The van der Waals surface area contributed by atoms with Gasteiger partial charge in [0, 0.05) is 11.3 Å². The second-order valence-electron chi connectivity index (χ2n) is 8.44. The van der Waals surface area contributed by atoms with Crippen LogP contribution in [0.25, 0.3) is 17.0 Å². The molecule has 0 aliphatic carbocycles. The minimum atomic E-state index is -0.700. The number of carbonyl (C=O) groups excluding carboxylic acids is 1. The quantitative estimate of drug-likeness (QED) is 0.386. The van der Waals surface area contributed by atoms with Crippen molar-refractivity contribution in [2.24, 2.45) is 0 Å². The largest absolute Gasteiger partial charge is 0.334 e. The Kier molecular flexibility index (Phi) is 5.86. The first-order chi connectivity index (χ1) is 16.9. The van der Waals surface area contributed by atoms with Crippen LogP contribution in [0.5, 0.6) is 0 Å². The lowest BCUT2D eigenvalue weighted by molar-refractivity contribution is 0.203. The van der Waals surface area contributed by atoms with Crippen LogP contribution in [0.15, 0.2) is 83.0 Å². The van der Waals surface area contributed by atoms with Crippen LogP contribution in [0.1, 0.15) is 35.5 Å². The van der Waals surface area contributed by atoms with Crippen LogP contribution in [0.2, 0.25) is 0 Å². The minimum absolute atomic E-state index is 0.205. The molecule has 1 atom stereocenters. The molecule has 35 heavy (non-hydrogen) atoms. The van der Waals surface area contributed by atoms with Crippen molar-refractivity contribution in [3.63, 3.8) is 0 Å². The van der Waals surface area contributed by atoms with E-state index in [0.29, 0.717) is 22.7 Å². The zero-order valence-electron chi connectivity index (χ0n) is 19.1. The van der Waals surface area contributed by atoms with Gasteiger partial charge in [-0.25, -0.2) is 13.6 Å². The average Bonchev–Trinajstić information content (AvgIpc) is 3.33. The van der Waals surface area contributed by atoms with Crippen LogP contribution in [0, 0.1) is 18.6 Å². The molecule has 3 aromatic carbocycles. The SMILES string of the molecule is CC1=C(c2nc(-c3ccc(C)cc3)no2)C(c2cccc(F)c2)NC(=O)N1Cc1ccc(F)cc1. The molecule has 4 aromatic rings. The second kappa shape index (κ2) is 9.13. The highest BCUT2D eigenvalue weighted by molar-refractivity contribution is 5.86. The lowest BCUT2D eigenvalue weighted by atomic mass is 9.94. The molecule has 0 saturated heterocycles. The Hall–Kier alpha value is -4.33. The summed E-state index contributed by atoms with van der Waals surface area (Å²) >= 11 is 0. The fourth-order valence-corrected chi connectivity index (χ4v) is 4.11. The molecule has 0 radical (unpaired) electrons. The predicted molar refractivity (Wildman–Crippen MR) is 127 cm³/mol.